The number of amides is 1. The molecule has 0 unspecified atom stereocenters. The van der Waals surface area contributed by atoms with Gasteiger partial charge in [0.1, 0.15) is 11.5 Å². The molecule has 0 aliphatic heterocycles. The van der Waals surface area contributed by atoms with Gasteiger partial charge < -0.3 is 19.4 Å². The summed E-state index contributed by atoms with van der Waals surface area (Å²) in [6, 6.07) is 17.5. The number of benzene rings is 3. The predicted molar refractivity (Wildman–Crippen MR) is 162 cm³/mol. The molecule has 0 radical (unpaired) electrons. The molecule has 3 aromatic rings. The molecule has 0 heterocycles. The fraction of sp³-hybridized carbons (Fsp3) is 0.345. The minimum Gasteiger partial charge on any atom is -0.456 e. The molecule has 8 nitrogen and oxygen atoms in total. The van der Waals surface area contributed by atoms with Crippen molar-refractivity contribution in [3.8, 4) is 11.5 Å². The van der Waals surface area contributed by atoms with E-state index < -0.39 is 10.0 Å². The third-order valence-electron chi connectivity index (χ3n) is 6.01. The summed E-state index contributed by atoms with van der Waals surface area (Å²) in [6.07, 6.45) is 1.57. The molecule has 3 rings (SSSR count). The Morgan fingerprint density at radius 3 is 2.00 bits per heavy atom. The van der Waals surface area contributed by atoms with Gasteiger partial charge in [-0.05, 0) is 109 Å². The number of halogens is 2. The average molecular weight is 608 g/mol. The number of rotatable bonds is 14. The maximum Gasteiger partial charge on any atom is 0.261 e. The van der Waals surface area contributed by atoms with Gasteiger partial charge in [-0.15, -0.1) is 0 Å². The first-order valence-corrected chi connectivity index (χ1v) is 15.1. The first-order valence-electron chi connectivity index (χ1n) is 12.9. The third kappa shape index (κ3) is 9.38. The van der Waals surface area contributed by atoms with Crippen LogP contribution in [0.1, 0.15) is 23.2 Å². The number of ether oxygens (including phenoxy) is 1. The first kappa shape index (κ1) is 31.7. The molecule has 0 aliphatic rings. The highest BCUT2D eigenvalue weighted by atomic mass is 35.5. The Morgan fingerprint density at radius 1 is 0.825 bits per heavy atom. The molecule has 0 aromatic heterocycles. The van der Waals surface area contributed by atoms with Crippen molar-refractivity contribution >= 4 is 44.8 Å². The Labute approximate surface area is 247 Å². The van der Waals surface area contributed by atoms with Gasteiger partial charge in [0.25, 0.3) is 15.9 Å². The van der Waals surface area contributed by atoms with Crippen molar-refractivity contribution in [1.82, 2.24) is 14.7 Å². The van der Waals surface area contributed by atoms with E-state index in [1.807, 2.05) is 28.2 Å². The second kappa shape index (κ2) is 14.7. The molecular formula is C29H36Cl2N4O4S. The molecule has 0 aliphatic carbocycles. The van der Waals surface area contributed by atoms with Crippen molar-refractivity contribution in [3.05, 3.63) is 82.3 Å². The summed E-state index contributed by atoms with van der Waals surface area (Å²) in [7, 11) is 3.91. The van der Waals surface area contributed by atoms with Gasteiger partial charge in [-0.25, -0.2) is 8.42 Å². The van der Waals surface area contributed by atoms with Crippen LogP contribution in [0.4, 0.5) is 5.69 Å². The Kier molecular flexibility index (Phi) is 11.7. The minimum atomic E-state index is -4.02. The van der Waals surface area contributed by atoms with Crippen LogP contribution in [-0.4, -0.2) is 83.4 Å². The van der Waals surface area contributed by atoms with E-state index in [0.29, 0.717) is 34.6 Å². The van der Waals surface area contributed by atoms with Gasteiger partial charge >= 0.3 is 0 Å². The van der Waals surface area contributed by atoms with E-state index in [0.717, 1.165) is 25.9 Å². The Balaban J connectivity index is 1.81. The van der Waals surface area contributed by atoms with Gasteiger partial charge in [0, 0.05) is 18.1 Å². The van der Waals surface area contributed by atoms with Crippen molar-refractivity contribution in [2.24, 2.45) is 0 Å². The number of carbonyl (C=O) groups excluding carboxylic acids is 1. The molecule has 40 heavy (non-hydrogen) atoms. The molecular weight excluding hydrogens is 571 g/mol. The van der Waals surface area contributed by atoms with Gasteiger partial charge in [-0.1, -0.05) is 35.3 Å². The van der Waals surface area contributed by atoms with Gasteiger partial charge in [-0.3, -0.25) is 9.52 Å². The van der Waals surface area contributed by atoms with Gasteiger partial charge in [0.2, 0.25) is 0 Å². The number of nitrogens with one attached hydrogen (secondary N) is 1. The zero-order valence-electron chi connectivity index (χ0n) is 23.2. The summed E-state index contributed by atoms with van der Waals surface area (Å²) in [5, 5.41) is 0.784. The lowest BCUT2D eigenvalue weighted by Gasteiger charge is -2.25. The van der Waals surface area contributed by atoms with Crippen LogP contribution in [0, 0.1) is 0 Å². The summed E-state index contributed by atoms with van der Waals surface area (Å²) in [5.41, 5.74) is 0.362. The third-order valence-corrected chi connectivity index (χ3v) is 7.94. The quantitative estimate of drug-likeness (QED) is 0.245. The van der Waals surface area contributed by atoms with E-state index >= 15 is 0 Å². The van der Waals surface area contributed by atoms with Gasteiger partial charge in [-0.2, -0.15) is 0 Å². The molecule has 0 saturated carbocycles. The second-order valence-corrected chi connectivity index (χ2v) is 12.4. The monoisotopic (exact) mass is 606 g/mol. The standard InChI is InChI=1S/C29H36Cl2N4O4S/c1-33(2)17-7-19-35(20-8-18-34(3)4)29(36)25-21-22(30)11-16-27(25)32-40(37,38)24-14-12-23(13-15-24)39-28-10-6-5-9-26(28)31/h5-6,9-16,21,32H,7-8,17-20H2,1-4H3. The summed E-state index contributed by atoms with van der Waals surface area (Å²) in [5.74, 6) is 0.615. The lowest BCUT2D eigenvalue weighted by Crippen LogP contribution is -2.36. The van der Waals surface area contributed by atoms with Crippen molar-refractivity contribution in [3.63, 3.8) is 0 Å². The van der Waals surface area contributed by atoms with Crippen LogP contribution in [0.3, 0.4) is 0 Å². The molecule has 0 atom stereocenters. The van der Waals surface area contributed by atoms with Crippen LogP contribution in [-0.2, 0) is 10.0 Å². The van der Waals surface area contributed by atoms with E-state index in [2.05, 4.69) is 14.5 Å². The number of sulfonamides is 1. The maximum absolute atomic E-state index is 13.7. The van der Waals surface area contributed by atoms with Crippen molar-refractivity contribution in [2.45, 2.75) is 17.7 Å². The van der Waals surface area contributed by atoms with E-state index in [1.54, 1.807) is 47.4 Å². The molecule has 3 aromatic carbocycles. The summed E-state index contributed by atoms with van der Waals surface area (Å²) < 4.78 is 35.0. The van der Waals surface area contributed by atoms with Gasteiger partial charge in [0.15, 0.2) is 0 Å². The largest absolute Gasteiger partial charge is 0.456 e. The van der Waals surface area contributed by atoms with Crippen LogP contribution >= 0.6 is 23.2 Å². The molecule has 0 bridgehead atoms. The number of para-hydroxylation sites is 1. The molecule has 0 saturated heterocycles. The zero-order chi connectivity index (χ0) is 29.3. The number of hydrogen-bond donors (Lipinski definition) is 1. The van der Waals surface area contributed by atoms with Crippen LogP contribution in [0.5, 0.6) is 11.5 Å². The fourth-order valence-corrected chi connectivity index (χ4v) is 5.39. The van der Waals surface area contributed by atoms with E-state index in [1.165, 1.54) is 24.3 Å². The van der Waals surface area contributed by atoms with Crippen LogP contribution < -0.4 is 9.46 Å². The van der Waals surface area contributed by atoms with E-state index in [9.17, 15) is 13.2 Å². The highest BCUT2D eigenvalue weighted by Crippen LogP contribution is 2.30. The van der Waals surface area contributed by atoms with Crippen molar-refractivity contribution < 1.29 is 17.9 Å². The molecule has 11 heteroatoms. The number of nitrogens with zero attached hydrogens (tertiary/aromatic N) is 3. The number of hydrogen-bond acceptors (Lipinski definition) is 6. The lowest BCUT2D eigenvalue weighted by atomic mass is 10.1. The van der Waals surface area contributed by atoms with Crippen LogP contribution in [0.25, 0.3) is 0 Å². The SMILES string of the molecule is CN(C)CCCN(CCCN(C)C)C(=O)c1cc(Cl)ccc1NS(=O)(=O)c1ccc(Oc2ccccc2Cl)cc1. The minimum absolute atomic E-state index is 0.0150. The fourth-order valence-electron chi connectivity index (χ4n) is 3.97. The highest BCUT2D eigenvalue weighted by molar-refractivity contribution is 7.92. The van der Waals surface area contributed by atoms with Gasteiger partial charge in [0.05, 0.1) is 21.2 Å². The zero-order valence-corrected chi connectivity index (χ0v) is 25.6. The van der Waals surface area contributed by atoms with Crippen molar-refractivity contribution in [2.75, 3.05) is 59.1 Å². The summed E-state index contributed by atoms with van der Waals surface area (Å²) >= 11 is 12.4. The molecule has 216 valence electrons. The number of anilines is 1. The first-order chi connectivity index (χ1) is 19.0. The van der Waals surface area contributed by atoms with E-state index in [-0.39, 0.29) is 22.1 Å². The van der Waals surface area contributed by atoms with Crippen LogP contribution in [0.2, 0.25) is 10.0 Å². The Morgan fingerprint density at radius 2 is 1.43 bits per heavy atom. The summed E-state index contributed by atoms with van der Waals surface area (Å²) in [6.45, 7) is 2.72. The lowest BCUT2D eigenvalue weighted by molar-refractivity contribution is 0.0745. The number of carbonyl (C=O) groups is 1. The van der Waals surface area contributed by atoms with Crippen LogP contribution in [0.15, 0.2) is 71.6 Å². The van der Waals surface area contributed by atoms with E-state index in [4.69, 9.17) is 27.9 Å². The summed E-state index contributed by atoms with van der Waals surface area (Å²) in [4.78, 5) is 19.6. The smallest absolute Gasteiger partial charge is 0.261 e. The normalized spacial score (nSPS) is 11.6. The Hall–Kier alpha value is -2.82. The second-order valence-electron chi connectivity index (χ2n) is 9.91. The predicted octanol–water partition coefficient (Wildman–Crippen LogP) is 5.93. The maximum atomic E-state index is 13.7. The molecule has 1 N–H and O–H groups in total. The Bertz CT molecular complexity index is 1370. The topological polar surface area (TPSA) is 82.2 Å². The average Bonchev–Trinajstić information content (AvgIpc) is 2.89. The molecule has 0 spiro atoms. The molecule has 0 fully saturated rings. The highest BCUT2D eigenvalue weighted by Gasteiger charge is 2.23. The van der Waals surface area contributed by atoms with Crippen molar-refractivity contribution in [1.29, 1.82) is 0 Å². The molecule has 1 amide bonds.